The third kappa shape index (κ3) is 6.51. The summed E-state index contributed by atoms with van der Waals surface area (Å²) in [5, 5.41) is 21.3. The third-order valence-corrected chi connectivity index (χ3v) is 8.82. The van der Waals surface area contributed by atoms with Crippen molar-refractivity contribution in [3.63, 3.8) is 0 Å². The molecule has 9 atom stereocenters. The lowest BCUT2D eigenvalue weighted by Gasteiger charge is -2.26. The number of nitrogens with two attached hydrogens (primary N) is 2. The standard InChI is InChI=1S/C21H28N10O14P2/c1-40-14-13(8(3-41-46(35,36)37)44-20(14)30-5-26-9-15(22)24-4-25-16(9)30)45-47(38,39)42-2-7-11(32)12(33)19(43-7)31-6-27-10-17(31)28-21(23)29-18(10)34/h4-8,11-14,19-20,32-33H,2-3H2,1H3,(H,38,39)(H2,22,24,25)(H2,35,36,37)(H3,23,28,29,34)/t7-,8-,11+,12+,13-,14-,19-,20-/m1/s1. The van der Waals surface area contributed by atoms with Crippen LogP contribution < -0.4 is 17.0 Å². The number of ether oxygens (including phenoxy) is 3. The van der Waals surface area contributed by atoms with Crippen molar-refractivity contribution < 1.29 is 61.8 Å². The summed E-state index contributed by atoms with van der Waals surface area (Å²) in [5.74, 6) is -0.201. The minimum atomic E-state index is -5.13. The predicted molar refractivity (Wildman–Crippen MR) is 152 cm³/mol. The fourth-order valence-electron chi connectivity index (χ4n) is 5.25. The van der Waals surface area contributed by atoms with E-state index in [-0.39, 0.29) is 34.1 Å². The minimum Gasteiger partial charge on any atom is -0.387 e. The summed E-state index contributed by atoms with van der Waals surface area (Å²) in [6, 6.07) is 0. The number of nitrogen functional groups attached to an aromatic ring is 2. The molecule has 6 rings (SSSR count). The Morgan fingerprint density at radius 1 is 0.894 bits per heavy atom. The van der Waals surface area contributed by atoms with Gasteiger partial charge in [-0.05, 0) is 0 Å². The van der Waals surface area contributed by atoms with Crippen LogP contribution in [0.3, 0.4) is 0 Å². The highest BCUT2D eigenvalue weighted by Gasteiger charge is 2.52. The van der Waals surface area contributed by atoms with Crippen molar-refractivity contribution >= 4 is 49.7 Å². The number of aromatic amines is 1. The summed E-state index contributed by atoms with van der Waals surface area (Å²) in [5.41, 5.74) is 11.0. The molecule has 0 aliphatic carbocycles. The lowest BCUT2D eigenvalue weighted by atomic mass is 10.1. The molecule has 0 aromatic carbocycles. The first-order valence-corrected chi connectivity index (χ1v) is 16.4. The summed E-state index contributed by atoms with van der Waals surface area (Å²) in [6.07, 6.45) is -7.99. The number of H-pyrrole nitrogens is 1. The molecule has 6 heterocycles. The fourth-order valence-corrected chi connectivity index (χ4v) is 6.55. The Balaban J connectivity index is 1.20. The van der Waals surface area contributed by atoms with Crippen molar-refractivity contribution in [1.29, 1.82) is 0 Å². The first kappa shape index (κ1) is 33.4. The predicted octanol–water partition coefficient (Wildman–Crippen LogP) is -2.73. The molecule has 4 aromatic rings. The molecule has 0 saturated carbocycles. The molecule has 2 fully saturated rings. The van der Waals surface area contributed by atoms with E-state index in [9.17, 15) is 38.8 Å². The number of hydrogen-bond acceptors (Lipinski definition) is 18. The van der Waals surface area contributed by atoms with Crippen LogP contribution in [-0.2, 0) is 36.9 Å². The number of rotatable bonds is 11. The SMILES string of the molecule is CO[C@@H]1[C@H](OP(=O)(O)OC[C@H]2O[C@@H](n3cnc4c(=O)[nH]c(N)nc43)[C@@H](O)[C@H]2O)[C@@H](COP(=O)(O)O)O[C@H]1n1cnc2c(N)ncnc21. The smallest absolute Gasteiger partial charge is 0.387 e. The van der Waals surface area contributed by atoms with E-state index in [0.717, 1.165) is 17.2 Å². The van der Waals surface area contributed by atoms with Crippen molar-refractivity contribution in [2.45, 2.75) is 49.1 Å². The molecule has 47 heavy (non-hydrogen) atoms. The molecule has 4 aromatic heterocycles. The number of phosphoric ester groups is 2. The van der Waals surface area contributed by atoms with Gasteiger partial charge in [-0.25, -0.2) is 29.1 Å². The second kappa shape index (κ2) is 12.5. The van der Waals surface area contributed by atoms with Crippen molar-refractivity contribution in [3.8, 4) is 0 Å². The van der Waals surface area contributed by atoms with E-state index in [2.05, 4.69) is 34.4 Å². The minimum absolute atomic E-state index is 0.0436. The van der Waals surface area contributed by atoms with Gasteiger partial charge in [-0.3, -0.25) is 32.5 Å². The molecule has 2 saturated heterocycles. The Labute approximate surface area is 261 Å². The number of imidazole rings is 2. The number of aromatic nitrogens is 8. The number of aliphatic hydroxyl groups is 2. The van der Waals surface area contributed by atoms with Crippen LogP contribution in [0.15, 0.2) is 23.8 Å². The van der Waals surface area contributed by atoms with Gasteiger partial charge >= 0.3 is 15.6 Å². The highest BCUT2D eigenvalue weighted by atomic mass is 31.2. The van der Waals surface area contributed by atoms with Gasteiger partial charge in [0.05, 0.1) is 25.9 Å². The zero-order chi connectivity index (χ0) is 33.8. The van der Waals surface area contributed by atoms with Gasteiger partial charge in [0, 0.05) is 7.11 Å². The van der Waals surface area contributed by atoms with Crippen LogP contribution in [0, 0.1) is 0 Å². The maximum atomic E-state index is 13.2. The monoisotopic (exact) mass is 706 g/mol. The van der Waals surface area contributed by atoms with Crippen LogP contribution >= 0.6 is 15.6 Å². The second-order valence-electron chi connectivity index (χ2n) is 10.3. The van der Waals surface area contributed by atoms with Crippen LogP contribution in [0.1, 0.15) is 12.5 Å². The zero-order valence-electron chi connectivity index (χ0n) is 23.9. The molecule has 0 spiro atoms. The summed E-state index contributed by atoms with van der Waals surface area (Å²) in [4.78, 5) is 63.6. The average molecular weight is 706 g/mol. The van der Waals surface area contributed by atoms with E-state index in [4.69, 9.17) is 34.7 Å². The van der Waals surface area contributed by atoms with Gasteiger partial charge in [0.25, 0.3) is 5.56 Å². The maximum absolute atomic E-state index is 13.2. The highest BCUT2D eigenvalue weighted by molar-refractivity contribution is 7.47. The Hall–Kier alpha value is -3.48. The van der Waals surface area contributed by atoms with Gasteiger partial charge in [0.15, 0.2) is 35.1 Å². The zero-order valence-corrected chi connectivity index (χ0v) is 25.6. The fraction of sp³-hybridized carbons (Fsp3) is 0.524. The van der Waals surface area contributed by atoms with E-state index in [1.807, 2.05) is 0 Å². The first-order valence-electron chi connectivity index (χ1n) is 13.4. The molecule has 256 valence electrons. The number of nitrogens with one attached hydrogen (secondary N) is 1. The van der Waals surface area contributed by atoms with Gasteiger partial charge in [0.2, 0.25) is 5.95 Å². The van der Waals surface area contributed by atoms with E-state index in [1.165, 1.54) is 18.0 Å². The molecule has 2 aliphatic rings. The summed E-state index contributed by atoms with van der Waals surface area (Å²) in [7, 11) is -8.95. The Morgan fingerprint density at radius 3 is 2.26 bits per heavy atom. The van der Waals surface area contributed by atoms with Crippen LogP contribution in [0.2, 0.25) is 0 Å². The van der Waals surface area contributed by atoms with Crippen molar-refractivity contribution in [2.24, 2.45) is 0 Å². The van der Waals surface area contributed by atoms with Crippen molar-refractivity contribution in [3.05, 3.63) is 29.3 Å². The maximum Gasteiger partial charge on any atom is 0.472 e. The molecule has 2 aliphatic heterocycles. The van der Waals surface area contributed by atoms with Crippen LogP contribution in [-0.4, -0.2) is 121 Å². The first-order chi connectivity index (χ1) is 22.2. The van der Waals surface area contributed by atoms with Crippen LogP contribution in [0.5, 0.6) is 0 Å². The van der Waals surface area contributed by atoms with E-state index < -0.39 is 83.5 Å². The number of methoxy groups -OCH3 is 1. The molecule has 0 radical (unpaired) electrons. The van der Waals surface area contributed by atoms with Crippen molar-refractivity contribution in [2.75, 3.05) is 31.8 Å². The van der Waals surface area contributed by atoms with Gasteiger partial charge in [-0.15, -0.1) is 0 Å². The van der Waals surface area contributed by atoms with Crippen LogP contribution in [0.25, 0.3) is 22.3 Å². The van der Waals surface area contributed by atoms with E-state index in [1.54, 1.807) is 0 Å². The molecule has 0 bridgehead atoms. The van der Waals surface area contributed by atoms with E-state index in [0.29, 0.717) is 0 Å². The number of nitrogens with zero attached hydrogens (tertiary/aromatic N) is 7. The summed E-state index contributed by atoms with van der Waals surface area (Å²) >= 11 is 0. The molecular weight excluding hydrogens is 678 g/mol. The number of aliphatic hydroxyl groups excluding tert-OH is 2. The average Bonchev–Trinajstić information content (AvgIpc) is 3.75. The number of phosphoric acid groups is 2. The summed E-state index contributed by atoms with van der Waals surface area (Å²) < 4.78 is 59.3. The van der Waals surface area contributed by atoms with Gasteiger partial charge in [-0.2, -0.15) is 4.98 Å². The normalized spacial score (nSPS) is 29.6. The topological polar surface area (TPSA) is 350 Å². The molecule has 10 N–H and O–H groups in total. The Bertz CT molecular complexity index is 1930. The van der Waals surface area contributed by atoms with Crippen molar-refractivity contribution in [1.82, 2.24) is 39.0 Å². The quantitative estimate of drug-likeness (QED) is 0.0733. The van der Waals surface area contributed by atoms with Gasteiger partial charge < -0.3 is 50.6 Å². The summed E-state index contributed by atoms with van der Waals surface area (Å²) in [6.45, 7) is -1.64. The molecule has 1 unspecified atom stereocenters. The second-order valence-corrected chi connectivity index (χ2v) is 12.9. The van der Waals surface area contributed by atoms with Gasteiger partial charge in [0.1, 0.15) is 48.5 Å². The van der Waals surface area contributed by atoms with Gasteiger partial charge in [-0.1, -0.05) is 0 Å². The number of fused-ring (bicyclic) bond motifs is 2. The Morgan fingerprint density at radius 2 is 1.55 bits per heavy atom. The largest absolute Gasteiger partial charge is 0.472 e. The lowest BCUT2D eigenvalue weighted by molar-refractivity contribution is -0.0582. The van der Waals surface area contributed by atoms with Crippen LogP contribution in [0.4, 0.5) is 11.8 Å². The lowest BCUT2D eigenvalue weighted by Crippen LogP contribution is -2.38. The molecular formula is C21H28N10O14P2. The Kier molecular flexibility index (Phi) is 8.90. The number of hydrogen-bond donors (Lipinski definition) is 8. The highest BCUT2D eigenvalue weighted by Crippen LogP contribution is 2.50. The molecule has 0 amide bonds. The van der Waals surface area contributed by atoms with E-state index >= 15 is 0 Å². The molecule has 26 heteroatoms. The third-order valence-electron chi connectivity index (χ3n) is 7.34. The number of anilines is 2. The molecule has 24 nitrogen and oxygen atoms in total.